The molecule has 0 amide bonds. The van der Waals surface area contributed by atoms with E-state index in [4.69, 9.17) is 0 Å². The molecule has 0 fully saturated rings. The summed E-state index contributed by atoms with van der Waals surface area (Å²) >= 11 is 0. The Morgan fingerprint density at radius 1 is 0.632 bits per heavy atom. The van der Waals surface area contributed by atoms with Gasteiger partial charge in [-0.3, -0.25) is 4.79 Å². The third kappa shape index (κ3) is 26.6. The molecule has 0 aliphatic heterocycles. The van der Waals surface area contributed by atoms with Gasteiger partial charge in [0.15, 0.2) is 0 Å². The van der Waals surface area contributed by atoms with Crippen LogP contribution >= 0.6 is 0 Å². The van der Waals surface area contributed by atoms with Gasteiger partial charge >= 0.3 is 0 Å². The van der Waals surface area contributed by atoms with Crippen LogP contribution in [0.4, 0.5) is 0 Å². The van der Waals surface area contributed by atoms with Gasteiger partial charge in [0.05, 0.1) is 18.8 Å². The standard InChI is InChI=1S/C34H65NO3/c1-3-5-7-9-10-11-12-13-14-15-18-21-25-29-34(38)33(31-36)35-30-26-22-19-16-17-20-24-28-32(37)27-23-8-6-4-2/h11-12,25,29,33-36,38H,3-10,13-24,26-28,30-31H2,1-2H3/b12-11-,29-25+/t33-,34+/m0/s1. The zero-order valence-corrected chi connectivity index (χ0v) is 25.4. The molecule has 0 radical (unpaired) electrons. The smallest absolute Gasteiger partial charge is 0.132 e. The predicted molar refractivity (Wildman–Crippen MR) is 166 cm³/mol. The van der Waals surface area contributed by atoms with Crippen LogP contribution in [0.5, 0.6) is 0 Å². The van der Waals surface area contributed by atoms with E-state index in [2.05, 4.69) is 37.4 Å². The topological polar surface area (TPSA) is 69.6 Å². The molecule has 0 rings (SSSR count). The van der Waals surface area contributed by atoms with Crippen LogP contribution in [-0.4, -0.2) is 41.3 Å². The van der Waals surface area contributed by atoms with Crippen molar-refractivity contribution in [3.63, 3.8) is 0 Å². The van der Waals surface area contributed by atoms with Crippen molar-refractivity contribution in [2.24, 2.45) is 0 Å². The average Bonchev–Trinajstić information content (AvgIpc) is 2.92. The van der Waals surface area contributed by atoms with E-state index in [-0.39, 0.29) is 12.6 Å². The molecule has 0 heterocycles. The van der Waals surface area contributed by atoms with Crippen LogP contribution in [0.15, 0.2) is 24.3 Å². The maximum atomic E-state index is 11.9. The molecule has 224 valence electrons. The van der Waals surface area contributed by atoms with Crippen molar-refractivity contribution in [3.8, 4) is 0 Å². The third-order valence-corrected chi connectivity index (χ3v) is 7.42. The van der Waals surface area contributed by atoms with E-state index in [1.165, 1.54) is 103 Å². The predicted octanol–water partition coefficient (Wildman–Crippen LogP) is 8.99. The summed E-state index contributed by atoms with van der Waals surface area (Å²) in [6, 6.07) is -0.284. The van der Waals surface area contributed by atoms with Crippen molar-refractivity contribution < 1.29 is 15.0 Å². The first-order valence-corrected chi connectivity index (χ1v) is 16.5. The first-order chi connectivity index (χ1) is 18.7. The fourth-order valence-corrected chi connectivity index (χ4v) is 4.78. The van der Waals surface area contributed by atoms with Crippen molar-refractivity contribution in [1.29, 1.82) is 0 Å². The van der Waals surface area contributed by atoms with Gasteiger partial charge in [-0.05, 0) is 64.3 Å². The van der Waals surface area contributed by atoms with Crippen LogP contribution in [0, 0.1) is 0 Å². The minimum Gasteiger partial charge on any atom is -0.395 e. The highest BCUT2D eigenvalue weighted by molar-refractivity contribution is 5.78. The molecule has 0 aliphatic rings. The van der Waals surface area contributed by atoms with E-state index in [0.29, 0.717) is 5.78 Å². The summed E-state index contributed by atoms with van der Waals surface area (Å²) in [4.78, 5) is 11.9. The number of Topliss-reactive ketones (excluding diaryl/α,β-unsaturated/α-hetero) is 1. The van der Waals surface area contributed by atoms with Crippen LogP contribution in [0.1, 0.15) is 162 Å². The monoisotopic (exact) mass is 535 g/mol. The average molecular weight is 536 g/mol. The molecule has 2 atom stereocenters. The fourth-order valence-electron chi connectivity index (χ4n) is 4.78. The molecular weight excluding hydrogens is 470 g/mol. The van der Waals surface area contributed by atoms with Crippen LogP contribution in [-0.2, 0) is 4.79 Å². The number of aliphatic hydroxyl groups excluding tert-OH is 2. The number of carbonyl (C=O) groups excluding carboxylic acids is 1. The van der Waals surface area contributed by atoms with Gasteiger partial charge in [-0.15, -0.1) is 0 Å². The molecule has 0 spiro atoms. The third-order valence-electron chi connectivity index (χ3n) is 7.42. The Morgan fingerprint density at radius 2 is 1.08 bits per heavy atom. The molecule has 0 aromatic heterocycles. The number of nitrogens with one attached hydrogen (secondary N) is 1. The zero-order valence-electron chi connectivity index (χ0n) is 25.4. The highest BCUT2D eigenvalue weighted by Gasteiger charge is 2.14. The number of carbonyl (C=O) groups is 1. The van der Waals surface area contributed by atoms with E-state index >= 15 is 0 Å². The van der Waals surface area contributed by atoms with Gasteiger partial charge in [0, 0.05) is 12.8 Å². The van der Waals surface area contributed by atoms with E-state index in [9.17, 15) is 15.0 Å². The number of unbranched alkanes of at least 4 members (excludes halogenated alkanes) is 17. The van der Waals surface area contributed by atoms with Crippen LogP contribution in [0.3, 0.4) is 0 Å². The molecule has 4 nitrogen and oxygen atoms in total. The summed E-state index contributed by atoms with van der Waals surface area (Å²) in [5.41, 5.74) is 0. The summed E-state index contributed by atoms with van der Waals surface area (Å²) in [6.07, 6.45) is 34.7. The summed E-state index contributed by atoms with van der Waals surface area (Å²) < 4.78 is 0. The van der Waals surface area contributed by atoms with Gasteiger partial charge in [0.1, 0.15) is 5.78 Å². The second kappa shape index (κ2) is 30.6. The lowest BCUT2D eigenvalue weighted by Gasteiger charge is -2.19. The van der Waals surface area contributed by atoms with E-state index in [1.54, 1.807) is 0 Å². The molecule has 4 heteroatoms. The minimum atomic E-state index is -0.634. The quantitative estimate of drug-likeness (QED) is 0.0634. The Hall–Kier alpha value is -0.970. The lowest BCUT2D eigenvalue weighted by atomic mass is 10.0. The Morgan fingerprint density at radius 3 is 1.63 bits per heavy atom. The maximum absolute atomic E-state index is 11.9. The Kier molecular flexibility index (Phi) is 29.8. The summed E-state index contributed by atoms with van der Waals surface area (Å²) in [5, 5.41) is 23.3. The van der Waals surface area contributed by atoms with Gasteiger partial charge in [0.2, 0.25) is 0 Å². The van der Waals surface area contributed by atoms with Crippen LogP contribution in [0.25, 0.3) is 0 Å². The molecule has 0 unspecified atom stereocenters. The SMILES string of the molecule is CCCCCC/C=C\CCCCC/C=C/[C@@H](O)[C@H](CO)NCCCCCCCCCC(=O)CCCCCC. The van der Waals surface area contributed by atoms with E-state index in [1.807, 2.05) is 6.08 Å². The number of hydrogen-bond acceptors (Lipinski definition) is 4. The largest absolute Gasteiger partial charge is 0.395 e. The Balaban J connectivity index is 3.59. The van der Waals surface area contributed by atoms with Crippen molar-refractivity contribution in [2.75, 3.05) is 13.2 Å². The number of ketones is 1. The van der Waals surface area contributed by atoms with Crippen LogP contribution < -0.4 is 5.32 Å². The molecule has 0 aromatic rings. The molecule has 0 bridgehead atoms. The minimum absolute atomic E-state index is 0.0480. The van der Waals surface area contributed by atoms with Crippen LogP contribution in [0.2, 0.25) is 0 Å². The van der Waals surface area contributed by atoms with E-state index < -0.39 is 6.10 Å². The number of aliphatic hydroxyl groups is 2. The zero-order chi connectivity index (χ0) is 27.9. The first-order valence-electron chi connectivity index (χ1n) is 16.5. The summed E-state index contributed by atoms with van der Waals surface area (Å²) in [7, 11) is 0. The van der Waals surface area contributed by atoms with Crippen molar-refractivity contribution in [1.82, 2.24) is 5.32 Å². The molecule has 0 saturated heterocycles. The van der Waals surface area contributed by atoms with Crippen molar-refractivity contribution in [3.05, 3.63) is 24.3 Å². The molecule has 3 N–H and O–H groups in total. The summed E-state index contributed by atoms with van der Waals surface area (Å²) in [5.74, 6) is 0.453. The lowest BCUT2D eigenvalue weighted by molar-refractivity contribution is -0.119. The summed E-state index contributed by atoms with van der Waals surface area (Å²) in [6.45, 7) is 5.23. The highest BCUT2D eigenvalue weighted by Crippen LogP contribution is 2.12. The Bertz CT molecular complexity index is 546. The molecular formula is C34H65NO3. The fraction of sp³-hybridized carbons (Fsp3) is 0.853. The second-order valence-corrected chi connectivity index (χ2v) is 11.2. The van der Waals surface area contributed by atoms with Gasteiger partial charge in [0.25, 0.3) is 0 Å². The highest BCUT2D eigenvalue weighted by atomic mass is 16.3. The lowest BCUT2D eigenvalue weighted by Crippen LogP contribution is -2.42. The molecule has 0 aromatic carbocycles. The maximum Gasteiger partial charge on any atom is 0.132 e. The van der Waals surface area contributed by atoms with Gasteiger partial charge in [-0.2, -0.15) is 0 Å². The van der Waals surface area contributed by atoms with Crippen molar-refractivity contribution >= 4 is 5.78 Å². The van der Waals surface area contributed by atoms with Crippen molar-refractivity contribution in [2.45, 2.75) is 174 Å². The normalized spacial score (nSPS) is 13.6. The van der Waals surface area contributed by atoms with Gasteiger partial charge in [-0.25, -0.2) is 0 Å². The van der Waals surface area contributed by atoms with Gasteiger partial charge in [-0.1, -0.05) is 115 Å². The number of hydrogen-bond donors (Lipinski definition) is 3. The van der Waals surface area contributed by atoms with E-state index in [0.717, 1.165) is 51.5 Å². The first kappa shape index (κ1) is 37.0. The number of rotatable bonds is 30. The number of allylic oxidation sites excluding steroid dienone is 3. The second-order valence-electron chi connectivity index (χ2n) is 11.2. The molecule has 0 aliphatic carbocycles. The van der Waals surface area contributed by atoms with Gasteiger partial charge < -0.3 is 15.5 Å². The Labute approximate surface area is 237 Å². The molecule has 0 saturated carbocycles. The molecule has 38 heavy (non-hydrogen) atoms.